The smallest absolute Gasteiger partial charge is 0.240 e. The number of benzene rings is 3. The summed E-state index contributed by atoms with van der Waals surface area (Å²) in [6.07, 6.45) is 3.93. The second-order valence-electron chi connectivity index (χ2n) is 9.38. The monoisotopic (exact) mass is 478 g/mol. The van der Waals surface area contributed by atoms with Gasteiger partial charge in [0.1, 0.15) is 19.3 Å². The fraction of sp³-hybridized carbons (Fsp3) is 0.207. The highest BCUT2D eigenvalue weighted by Crippen LogP contribution is 2.50. The van der Waals surface area contributed by atoms with Crippen molar-refractivity contribution in [3.63, 3.8) is 0 Å². The van der Waals surface area contributed by atoms with Gasteiger partial charge in [-0.15, -0.1) is 0 Å². The minimum absolute atomic E-state index is 0.164. The standard InChI is InChI=1S/C29H22N2O5/c32-27(18-7-2-1-3-8-18)26-25-24(21-12-10-17-6-4-5-9-20(17)31(21)26)28(33)30(29(25)34)19-11-13-22-23(16-19)36-15-14-35-22/h1-13,16,21,24-26H,14-15H2/t21-,24-,25-,26+/m1/s1. The summed E-state index contributed by atoms with van der Waals surface area (Å²) in [4.78, 5) is 45.1. The van der Waals surface area contributed by atoms with Crippen molar-refractivity contribution in [1.82, 2.24) is 0 Å². The zero-order valence-corrected chi connectivity index (χ0v) is 19.2. The van der Waals surface area contributed by atoms with Gasteiger partial charge in [0.25, 0.3) is 0 Å². The van der Waals surface area contributed by atoms with Crippen molar-refractivity contribution in [3.05, 3.63) is 90.0 Å². The summed E-state index contributed by atoms with van der Waals surface area (Å²) in [5, 5.41) is 0. The highest BCUT2D eigenvalue weighted by atomic mass is 16.6. The first kappa shape index (κ1) is 20.9. The number of amides is 2. The zero-order valence-electron chi connectivity index (χ0n) is 19.2. The fourth-order valence-corrected chi connectivity index (χ4v) is 6.01. The molecular weight excluding hydrogens is 456 g/mol. The lowest BCUT2D eigenvalue weighted by atomic mass is 9.86. The largest absolute Gasteiger partial charge is 0.486 e. The van der Waals surface area contributed by atoms with Crippen LogP contribution in [-0.4, -0.2) is 42.9 Å². The van der Waals surface area contributed by atoms with E-state index in [0.717, 1.165) is 11.3 Å². The first-order valence-electron chi connectivity index (χ1n) is 12.1. The number of ketones is 1. The molecule has 2 saturated heterocycles. The molecule has 0 radical (unpaired) electrons. The van der Waals surface area contributed by atoms with Crippen molar-refractivity contribution >= 4 is 35.0 Å². The van der Waals surface area contributed by atoms with Gasteiger partial charge < -0.3 is 14.4 Å². The van der Waals surface area contributed by atoms with Gasteiger partial charge >= 0.3 is 0 Å². The van der Waals surface area contributed by atoms with Gasteiger partial charge in [-0.2, -0.15) is 0 Å². The number of nitrogens with zero attached hydrogens (tertiary/aromatic N) is 2. The minimum atomic E-state index is -0.806. The summed E-state index contributed by atoms with van der Waals surface area (Å²) < 4.78 is 11.3. The van der Waals surface area contributed by atoms with Crippen LogP contribution in [0.3, 0.4) is 0 Å². The van der Waals surface area contributed by atoms with Crippen LogP contribution in [0.2, 0.25) is 0 Å². The molecule has 0 saturated carbocycles. The third-order valence-corrected chi connectivity index (χ3v) is 7.53. The van der Waals surface area contributed by atoms with E-state index in [2.05, 4.69) is 0 Å². The van der Waals surface area contributed by atoms with Crippen LogP contribution < -0.4 is 19.3 Å². The van der Waals surface area contributed by atoms with Gasteiger partial charge in [-0.3, -0.25) is 14.4 Å². The van der Waals surface area contributed by atoms with Gasteiger partial charge in [-0.1, -0.05) is 60.7 Å². The number of carbonyl (C=O) groups is 3. The molecule has 36 heavy (non-hydrogen) atoms. The van der Waals surface area contributed by atoms with Crippen molar-refractivity contribution in [2.24, 2.45) is 11.8 Å². The lowest BCUT2D eigenvalue weighted by Crippen LogP contribution is -2.48. The van der Waals surface area contributed by atoms with Crippen LogP contribution in [0, 0.1) is 11.8 Å². The van der Waals surface area contributed by atoms with Crippen molar-refractivity contribution in [2.45, 2.75) is 12.1 Å². The highest BCUT2D eigenvalue weighted by molar-refractivity contribution is 6.25. The van der Waals surface area contributed by atoms with Gasteiger partial charge in [0.05, 0.1) is 23.6 Å². The molecule has 7 heteroatoms. The molecule has 0 N–H and O–H groups in total. The molecule has 4 atom stereocenters. The molecule has 4 aliphatic heterocycles. The zero-order chi connectivity index (χ0) is 24.4. The average molecular weight is 479 g/mol. The molecule has 2 fully saturated rings. The van der Waals surface area contributed by atoms with Crippen LogP contribution >= 0.6 is 0 Å². The maximum atomic E-state index is 14.0. The molecular formula is C29H22N2O5. The molecule has 3 aromatic carbocycles. The predicted octanol–water partition coefficient (Wildman–Crippen LogP) is 3.73. The molecule has 0 unspecified atom stereocenters. The molecule has 7 rings (SSSR count). The van der Waals surface area contributed by atoms with Gasteiger partial charge in [-0.25, -0.2) is 4.90 Å². The van der Waals surface area contributed by atoms with Gasteiger partial charge in [-0.05, 0) is 23.8 Å². The number of rotatable bonds is 3. The van der Waals surface area contributed by atoms with E-state index in [1.807, 2.05) is 59.5 Å². The molecule has 7 nitrogen and oxygen atoms in total. The second-order valence-corrected chi connectivity index (χ2v) is 9.38. The van der Waals surface area contributed by atoms with Crippen molar-refractivity contribution in [1.29, 1.82) is 0 Å². The van der Waals surface area contributed by atoms with Gasteiger partial charge in [0.2, 0.25) is 11.8 Å². The maximum Gasteiger partial charge on any atom is 0.240 e. The van der Waals surface area contributed by atoms with Gasteiger partial charge in [0, 0.05) is 17.3 Å². The molecule has 0 aliphatic carbocycles. The lowest BCUT2D eigenvalue weighted by Gasteiger charge is -2.36. The molecule has 2 amide bonds. The maximum absolute atomic E-state index is 14.0. The molecule has 0 aromatic heterocycles. The van der Waals surface area contributed by atoms with Crippen LogP contribution in [0.25, 0.3) is 6.08 Å². The summed E-state index contributed by atoms with van der Waals surface area (Å²) in [5.74, 6) is -1.23. The van der Waals surface area contributed by atoms with E-state index in [4.69, 9.17) is 9.47 Å². The number of anilines is 2. The topological polar surface area (TPSA) is 76.1 Å². The second kappa shape index (κ2) is 7.81. The number of imide groups is 1. The van der Waals surface area contributed by atoms with Crippen LogP contribution in [0.4, 0.5) is 11.4 Å². The average Bonchev–Trinajstić information content (AvgIpc) is 3.41. The van der Waals surface area contributed by atoms with Crippen LogP contribution in [0.1, 0.15) is 15.9 Å². The lowest BCUT2D eigenvalue weighted by molar-refractivity contribution is -0.122. The highest BCUT2D eigenvalue weighted by Gasteiger charge is 2.64. The van der Waals surface area contributed by atoms with Crippen LogP contribution in [0.5, 0.6) is 11.5 Å². The van der Waals surface area contributed by atoms with E-state index < -0.39 is 23.9 Å². The molecule has 0 spiro atoms. The number of fused-ring (bicyclic) bond motifs is 6. The Morgan fingerprint density at radius 1 is 0.806 bits per heavy atom. The summed E-state index contributed by atoms with van der Waals surface area (Å²) in [6.45, 7) is 0.852. The number of para-hydroxylation sites is 1. The summed E-state index contributed by atoms with van der Waals surface area (Å²) in [5.41, 5.74) is 2.77. The van der Waals surface area contributed by atoms with E-state index >= 15 is 0 Å². The molecule has 178 valence electrons. The Labute approximate surface area is 207 Å². The third kappa shape index (κ3) is 2.89. The SMILES string of the molecule is O=C(c1ccccc1)[C@@H]1[C@@H]2C(=O)N(c3ccc4c(c3)OCCO4)C(=O)[C@@H]2[C@H]2C=Cc3ccccc3N21. The quantitative estimate of drug-likeness (QED) is 0.422. The summed E-state index contributed by atoms with van der Waals surface area (Å²) in [7, 11) is 0. The van der Waals surface area contributed by atoms with E-state index in [-0.39, 0.29) is 17.6 Å². The van der Waals surface area contributed by atoms with Crippen LogP contribution in [0.15, 0.2) is 78.9 Å². The van der Waals surface area contributed by atoms with Gasteiger partial charge in [0.15, 0.2) is 17.3 Å². The minimum Gasteiger partial charge on any atom is -0.486 e. The Morgan fingerprint density at radius 3 is 2.36 bits per heavy atom. The number of carbonyl (C=O) groups excluding carboxylic acids is 3. The Kier molecular flexibility index (Phi) is 4.54. The van der Waals surface area contributed by atoms with E-state index in [1.54, 1.807) is 30.3 Å². The fourth-order valence-electron chi connectivity index (χ4n) is 6.01. The van der Waals surface area contributed by atoms with E-state index in [0.29, 0.717) is 36.0 Å². The summed E-state index contributed by atoms with van der Waals surface area (Å²) in [6, 6.07) is 20.7. The normalized spacial score (nSPS) is 25.4. The number of hydrogen-bond acceptors (Lipinski definition) is 6. The Hall–Kier alpha value is -4.39. The third-order valence-electron chi connectivity index (χ3n) is 7.53. The Morgan fingerprint density at radius 2 is 1.53 bits per heavy atom. The van der Waals surface area contributed by atoms with Crippen LogP contribution in [-0.2, 0) is 9.59 Å². The number of hydrogen-bond donors (Lipinski definition) is 0. The predicted molar refractivity (Wildman–Crippen MR) is 133 cm³/mol. The van der Waals surface area contributed by atoms with E-state index in [9.17, 15) is 14.4 Å². The number of Topliss-reactive ketones (excluding diaryl/α,β-unsaturated/α-hetero) is 1. The Bertz CT molecular complexity index is 1450. The molecule has 0 bridgehead atoms. The number of ether oxygens (including phenoxy) is 2. The molecule has 4 aliphatic rings. The first-order valence-corrected chi connectivity index (χ1v) is 12.1. The molecule has 3 aromatic rings. The summed E-state index contributed by atoms with van der Waals surface area (Å²) >= 11 is 0. The van der Waals surface area contributed by atoms with Crippen molar-refractivity contribution < 1.29 is 23.9 Å². The first-order chi connectivity index (χ1) is 17.6. The van der Waals surface area contributed by atoms with E-state index in [1.165, 1.54) is 4.90 Å². The van der Waals surface area contributed by atoms with Crippen molar-refractivity contribution in [3.8, 4) is 11.5 Å². The van der Waals surface area contributed by atoms with Crippen molar-refractivity contribution in [2.75, 3.05) is 23.0 Å². The Balaban J connectivity index is 1.34. The molecule has 4 heterocycles.